The summed E-state index contributed by atoms with van der Waals surface area (Å²) in [5.41, 5.74) is 0.906. The van der Waals surface area contributed by atoms with Crippen molar-refractivity contribution in [3.8, 4) is 5.75 Å². The Morgan fingerprint density at radius 1 is 1.57 bits per heavy atom. The van der Waals surface area contributed by atoms with Gasteiger partial charge >= 0.3 is 0 Å². The molecular weight excluding hydrogens is 178 g/mol. The fourth-order valence-corrected chi connectivity index (χ4v) is 1.64. The van der Waals surface area contributed by atoms with E-state index in [1.807, 2.05) is 12.1 Å². The number of carbonyl (C=O) groups is 1. The maximum atomic E-state index is 11.4. The molecule has 0 atom stereocenters. The van der Waals surface area contributed by atoms with Gasteiger partial charge in [0.05, 0.1) is 7.11 Å². The van der Waals surface area contributed by atoms with Crippen LogP contribution in [0.1, 0.15) is 12.8 Å². The van der Waals surface area contributed by atoms with E-state index >= 15 is 0 Å². The smallest absolute Gasteiger partial charge is 0.227 e. The molecule has 0 spiro atoms. The van der Waals surface area contributed by atoms with Gasteiger partial charge in [0.1, 0.15) is 5.75 Å². The first-order chi connectivity index (χ1) is 6.81. The molecule has 1 saturated heterocycles. The van der Waals surface area contributed by atoms with Crippen LogP contribution >= 0.6 is 0 Å². The lowest BCUT2D eigenvalue weighted by molar-refractivity contribution is -0.117. The molecule has 2 rings (SSSR count). The average molecular weight is 190 g/mol. The molecule has 1 aliphatic heterocycles. The quantitative estimate of drug-likeness (QED) is 0.709. The van der Waals surface area contributed by atoms with E-state index in [2.05, 4.69) is 6.07 Å². The van der Waals surface area contributed by atoms with Crippen molar-refractivity contribution in [2.75, 3.05) is 18.6 Å². The van der Waals surface area contributed by atoms with Gasteiger partial charge < -0.3 is 9.64 Å². The van der Waals surface area contributed by atoms with Crippen LogP contribution in [0.3, 0.4) is 0 Å². The minimum absolute atomic E-state index is 0.193. The number of anilines is 1. The molecule has 73 valence electrons. The van der Waals surface area contributed by atoms with Gasteiger partial charge in [-0.1, -0.05) is 0 Å². The van der Waals surface area contributed by atoms with Crippen molar-refractivity contribution in [3.05, 3.63) is 24.3 Å². The molecule has 1 fully saturated rings. The zero-order chi connectivity index (χ0) is 9.97. The Bertz CT molecular complexity index is 349. The number of nitrogens with zero attached hydrogens (tertiary/aromatic N) is 1. The summed E-state index contributed by atoms with van der Waals surface area (Å²) in [4.78, 5) is 13.2. The predicted octanol–water partition coefficient (Wildman–Crippen LogP) is 1.62. The van der Waals surface area contributed by atoms with Crippen molar-refractivity contribution >= 4 is 11.6 Å². The molecule has 0 bridgehead atoms. The number of carbonyl (C=O) groups excluding carboxylic acids is 1. The SMILES string of the molecule is COc1[c]ccc(N2CCCC2=O)c1. The maximum Gasteiger partial charge on any atom is 0.227 e. The summed E-state index contributed by atoms with van der Waals surface area (Å²) in [6.45, 7) is 0.812. The summed E-state index contributed by atoms with van der Waals surface area (Å²) < 4.78 is 5.06. The van der Waals surface area contributed by atoms with E-state index < -0.39 is 0 Å². The molecule has 0 aromatic heterocycles. The number of ether oxygens (including phenoxy) is 1. The first kappa shape index (κ1) is 9.06. The van der Waals surface area contributed by atoms with Gasteiger partial charge in [-0.3, -0.25) is 4.79 Å². The Morgan fingerprint density at radius 3 is 3.07 bits per heavy atom. The Morgan fingerprint density at radius 2 is 2.43 bits per heavy atom. The molecule has 0 aliphatic carbocycles. The van der Waals surface area contributed by atoms with Gasteiger partial charge in [-0.2, -0.15) is 0 Å². The topological polar surface area (TPSA) is 29.5 Å². The van der Waals surface area contributed by atoms with Gasteiger partial charge in [0.15, 0.2) is 0 Å². The Labute approximate surface area is 83.3 Å². The average Bonchev–Trinajstić information content (AvgIpc) is 2.65. The van der Waals surface area contributed by atoms with Crippen LogP contribution in [0.2, 0.25) is 0 Å². The predicted molar refractivity (Wildman–Crippen MR) is 53.4 cm³/mol. The molecule has 3 nitrogen and oxygen atoms in total. The Hall–Kier alpha value is -1.51. The summed E-state index contributed by atoms with van der Waals surface area (Å²) >= 11 is 0. The van der Waals surface area contributed by atoms with Crippen LogP contribution in [-0.2, 0) is 4.79 Å². The molecule has 1 aromatic carbocycles. The molecular formula is C11H12NO2. The van der Waals surface area contributed by atoms with Crippen LogP contribution in [0.15, 0.2) is 18.2 Å². The highest BCUT2D eigenvalue weighted by Gasteiger charge is 2.21. The Balaban J connectivity index is 2.26. The van der Waals surface area contributed by atoms with Crippen LogP contribution in [0.5, 0.6) is 5.75 Å². The fourth-order valence-electron chi connectivity index (χ4n) is 1.64. The van der Waals surface area contributed by atoms with Crippen LogP contribution in [-0.4, -0.2) is 19.6 Å². The van der Waals surface area contributed by atoms with Crippen LogP contribution < -0.4 is 9.64 Å². The van der Waals surface area contributed by atoms with Crippen molar-refractivity contribution < 1.29 is 9.53 Å². The van der Waals surface area contributed by atoms with Crippen molar-refractivity contribution in [2.24, 2.45) is 0 Å². The van der Waals surface area contributed by atoms with E-state index in [1.165, 1.54) is 0 Å². The number of benzene rings is 1. The van der Waals surface area contributed by atoms with Crippen molar-refractivity contribution in [2.45, 2.75) is 12.8 Å². The highest BCUT2D eigenvalue weighted by molar-refractivity contribution is 5.95. The molecule has 1 aliphatic rings. The lowest BCUT2D eigenvalue weighted by Gasteiger charge is -2.15. The Kier molecular flexibility index (Phi) is 2.39. The largest absolute Gasteiger partial charge is 0.496 e. The van der Waals surface area contributed by atoms with Gasteiger partial charge in [-0.15, -0.1) is 0 Å². The van der Waals surface area contributed by atoms with Gasteiger partial charge in [0.2, 0.25) is 5.91 Å². The number of amides is 1. The van der Waals surface area contributed by atoms with Crippen molar-refractivity contribution in [1.82, 2.24) is 0 Å². The summed E-state index contributed by atoms with van der Waals surface area (Å²) in [5.74, 6) is 0.862. The lowest BCUT2D eigenvalue weighted by atomic mass is 10.3. The summed E-state index contributed by atoms with van der Waals surface area (Å²) in [6.07, 6.45) is 1.60. The molecule has 0 N–H and O–H groups in total. The second kappa shape index (κ2) is 3.70. The minimum atomic E-state index is 0.193. The second-order valence-electron chi connectivity index (χ2n) is 3.26. The van der Waals surface area contributed by atoms with Gasteiger partial charge in [-0.05, 0) is 18.6 Å². The molecule has 1 radical (unpaired) electrons. The molecule has 14 heavy (non-hydrogen) atoms. The van der Waals surface area contributed by atoms with Crippen LogP contribution in [0, 0.1) is 6.07 Å². The lowest BCUT2D eigenvalue weighted by Crippen LogP contribution is -2.23. The number of methoxy groups -OCH3 is 1. The van der Waals surface area contributed by atoms with Crippen molar-refractivity contribution in [1.29, 1.82) is 0 Å². The third-order valence-electron chi connectivity index (χ3n) is 2.36. The van der Waals surface area contributed by atoms with Gasteiger partial charge in [0, 0.05) is 30.8 Å². The van der Waals surface area contributed by atoms with E-state index in [0.717, 1.165) is 18.7 Å². The summed E-state index contributed by atoms with van der Waals surface area (Å²) in [6, 6.07) is 8.43. The summed E-state index contributed by atoms with van der Waals surface area (Å²) in [7, 11) is 1.60. The maximum absolute atomic E-state index is 11.4. The number of hydrogen-bond acceptors (Lipinski definition) is 2. The highest BCUT2D eigenvalue weighted by atomic mass is 16.5. The summed E-state index contributed by atoms with van der Waals surface area (Å²) in [5, 5.41) is 0. The van der Waals surface area contributed by atoms with E-state index in [9.17, 15) is 4.79 Å². The zero-order valence-electron chi connectivity index (χ0n) is 8.12. The van der Waals surface area contributed by atoms with Gasteiger partial charge in [-0.25, -0.2) is 0 Å². The fraction of sp³-hybridized carbons (Fsp3) is 0.364. The molecule has 1 heterocycles. The third kappa shape index (κ3) is 1.58. The first-order valence-corrected chi connectivity index (χ1v) is 4.67. The normalized spacial score (nSPS) is 16.1. The molecule has 1 amide bonds. The molecule has 3 heteroatoms. The van der Waals surface area contributed by atoms with Crippen LogP contribution in [0.4, 0.5) is 5.69 Å². The minimum Gasteiger partial charge on any atom is -0.496 e. The van der Waals surface area contributed by atoms with Gasteiger partial charge in [0.25, 0.3) is 0 Å². The first-order valence-electron chi connectivity index (χ1n) is 4.67. The van der Waals surface area contributed by atoms with Crippen molar-refractivity contribution in [3.63, 3.8) is 0 Å². The molecule has 0 saturated carbocycles. The highest BCUT2D eigenvalue weighted by Crippen LogP contribution is 2.24. The van der Waals surface area contributed by atoms with E-state index in [-0.39, 0.29) is 5.91 Å². The standard InChI is InChI=1S/C11H12NO2/c1-14-10-5-2-4-9(8-10)12-7-3-6-11(12)13/h2,4,8H,3,6-7H2,1H3. The molecule has 1 aromatic rings. The van der Waals surface area contributed by atoms with Crippen LogP contribution in [0.25, 0.3) is 0 Å². The third-order valence-corrected chi connectivity index (χ3v) is 2.36. The monoisotopic (exact) mass is 190 g/mol. The van der Waals surface area contributed by atoms with E-state index in [1.54, 1.807) is 18.1 Å². The zero-order valence-corrected chi connectivity index (χ0v) is 8.12. The van der Waals surface area contributed by atoms with E-state index in [0.29, 0.717) is 12.2 Å². The molecule has 0 unspecified atom stereocenters. The number of hydrogen-bond donors (Lipinski definition) is 0. The van der Waals surface area contributed by atoms with E-state index in [4.69, 9.17) is 4.74 Å². The number of rotatable bonds is 2. The second-order valence-corrected chi connectivity index (χ2v) is 3.26.